The first-order chi connectivity index (χ1) is 12.5. The summed E-state index contributed by atoms with van der Waals surface area (Å²) in [6.45, 7) is 0. The predicted molar refractivity (Wildman–Crippen MR) is 97.8 cm³/mol. The van der Waals surface area contributed by atoms with Crippen LogP contribution in [0.3, 0.4) is 0 Å². The molecule has 3 rings (SSSR count). The van der Waals surface area contributed by atoms with E-state index in [1.807, 2.05) is 0 Å². The molecule has 2 aromatic heterocycles. The fraction of sp³-hybridized carbons (Fsp3) is 0.111. The number of halogens is 1. The van der Waals surface area contributed by atoms with Gasteiger partial charge in [-0.2, -0.15) is 0 Å². The largest absolute Gasteiger partial charge is 0.481 e. The smallest absolute Gasteiger partial charge is 0.212 e. The van der Waals surface area contributed by atoms with E-state index in [9.17, 15) is 12.8 Å². The predicted octanol–water partition coefficient (Wildman–Crippen LogP) is 2.65. The molecule has 2 heterocycles. The first-order valence-electron chi connectivity index (χ1n) is 7.64. The van der Waals surface area contributed by atoms with Gasteiger partial charge < -0.3 is 10.5 Å². The number of nitrogens with two attached hydrogens (primary N) is 1. The summed E-state index contributed by atoms with van der Waals surface area (Å²) < 4.78 is 40.8. The Labute approximate surface area is 151 Å². The Balaban J connectivity index is 2.00. The summed E-state index contributed by atoms with van der Waals surface area (Å²) >= 11 is 0. The lowest BCUT2D eigenvalue weighted by Crippen LogP contribution is -1.97. The third kappa shape index (κ3) is 3.80. The number of hydrogen-bond donors (Lipinski definition) is 2. The first kappa shape index (κ1) is 17.8. The number of nitrogen functional groups attached to an aromatic ring is 1. The molecule has 26 heavy (non-hydrogen) atoms. The fourth-order valence-electron chi connectivity index (χ4n) is 2.52. The molecule has 0 aliphatic rings. The van der Waals surface area contributed by atoms with Crippen molar-refractivity contribution in [1.29, 1.82) is 0 Å². The molecule has 0 fully saturated rings. The van der Waals surface area contributed by atoms with Gasteiger partial charge in [-0.3, -0.25) is 0 Å². The maximum absolute atomic E-state index is 14.1. The summed E-state index contributed by atoms with van der Waals surface area (Å²) in [6.07, 6.45) is 3.16. The molecular formula is C18H16FN3O3S. The molecule has 1 aromatic carbocycles. The number of rotatable bonds is 5. The van der Waals surface area contributed by atoms with Gasteiger partial charge in [-0.15, -0.1) is 0 Å². The number of benzene rings is 1. The Morgan fingerprint density at radius 2 is 1.77 bits per heavy atom. The second-order valence-electron chi connectivity index (χ2n) is 5.54. The number of aromatic nitrogens is 2. The second-order valence-corrected chi connectivity index (χ2v) is 6.52. The highest BCUT2D eigenvalue weighted by Gasteiger charge is 2.10. The minimum absolute atomic E-state index is 0.132. The number of ether oxygens (including phenoxy) is 1. The Morgan fingerprint density at radius 1 is 1.04 bits per heavy atom. The van der Waals surface area contributed by atoms with Gasteiger partial charge in [-0.1, -0.05) is 12.1 Å². The lowest BCUT2D eigenvalue weighted by molar-refractivity contribution is 0.398. The monoisotopic (exact) mass is 373 g/mol. The average Bonchev–Trinajstić information content (AvgIpc) is 2.64. The van der Waals surface area contributed by atoms with Crippen molar-refractivity contribution < 1.29 is 17.5 Å². The van der Waals surface area contributed by atoms with E-state index in [2.05, 4.69) is 9.97 Å². The van der Waals surface area contributed by atoms with Crippen LogP contribution in [0.4, 0.5) is 10.2 Å². The molecule has 0 aliphatic carbocycles. The van der Waals surface area contributed by atoms with Crippen molar-refractivity contribution in [3.8, 4) is 28.1 Å². The molecule has 0 bridgehead atoms. The van der Waals surface area contributed by atoms with Gasteiger partial charge in [0.15, 0.2) is 0 Å². The fourth-order valence-corrected chi connectivity index (χ4v) is 3.05. The van der Waals surface area contributed by atoms with E-state index in [0.717, 1.165) is 5.56 Å². The van der Waals surface area contributed by atoms with Crippen LogP contribution in [0.2, 0.25) is 0 Å². The van der Waals surface area contributed by atoms with Crippen LogP contribution in [-0.2, 0) is 16.5 Å². The Morgan fingerprint density at radius 3 is 2.38 bits per heavy atom. The van der Waals surface area contributed by atoms with Crippen molar-refractivity contribution in [2.45, 2.75) is 5.75 Å². The Kier molecular flexibility index (Phi) is 5.13. The molecule has 8 heteroatoms. The van der Waals surface area contributed by atoms with E-state index in [1.54, 1.807) is 30.5 Å². The lowest BCUT2D eigenvalue weighted by atomic mass is 10.0. The number of anilines is 1. The highest BCUT2D eigenvalue weighted by Crippen LogP contribution is 2.30. The zero-order chi connectivity index (χ0) is 18.7. The third-order valence-electron chi connectivity index (χ3n) is 3.86. The van der Waals surface area contributed by atoms with Gasteiger partial charge in [0.25, 0.3) is 0 Å². The molecule has 0 saturated carbocycles. The van der Waals surface area contributed by atoms with Crippen LogP contribution in [0, 0.1) is 5.82 Å². The zero-order valence-electron chi connectivity index (χ0n) is 13.8. The van der Waals surface area contributed by atoms with E-state index in [1.165, 1.54) is 25.4 Å². The molecule has 0 aliphatic heterocycles. The summed E-state index contributed by atoms with van der Waals surface area (Å²) in [7, 11) is -1.16. The highest BCUT2D eigenvalue weighted by atomic mass is 32.2. The molecular weight excluding hydrogens is 357 g/mol. The van der Waals surface area contributed by atoms with Gasteiger partial charge >= 0.3 is 0 Å². The molecule has 0 unspecified atom stereocenters. The van der Waals surface area contributed by atoms with E-state index >= 15 is 0 Å². The molecule has 0 spiro atoms. The van der Waals surface area contributed by atoms with Gasteiger partial charge in [0, 0.05) is 40.7 Å². The topological polar surface area (TPSA) is 95.2 Å². The van der Waals surface area contributed by atoms with E-state index in [0.29, 0.717) is 28.4 Å². The van der Waals surface area contributed by atoms with E-state index in [4.69, 9.17) is 10.5 Å². The van der Waals surface area contributed by atoms with Crippen LogP contribution < -0.4 is 10.5 Å². The number of nitrogens with zero attached hydrogens (tertiary/aromatic N) is 2. The first-order valence-corrected chi connectivity index (χ1v) is 9.00. The highest BCUT2D eigenvalue weighted by molar-refractivity contribution is 7.71. The van der Waals surface area contributed by atoms with Gasteiger partial charge in [-0.25, -0.2) is 22.8 Å². The van der Waals surface area contributed by atoms with Crippen molar-refractivity contribution in [2.24, 2.45) is 0 Å². The summed E-state index contributed by atoms with van der Waals surface area (Å²) in [5.74, 6) is -0.109. The van der Waals surface area contributed by atoms with Crippen LogP contribution in [0.5, 0.6) is 5.88 Å². The summed E-state index contributed by atoms with van der Waals surface area (Å²) in [5, 5.41) is 0. The molecule has 134 valence electrons. The number of thiol groups is 1. The maximum Gasteiger partial charge on any atom is 0.212 e. The van der Waals surface area contributed by atoms with Gasteiger partial charge in [0.05, 0.1) is 12.9 Å². The lowest BCUT2D eigenvalue weighted by Gasteiger charge is -2.10. The summed E-state index contributed by atoms with van der Waals surface area (Å²) in [4.78, 5) is 8.32. The van der Waals surface area contributed by atoms with Crippen molar-refractivity contribution in [3.05, 3.63) is 60.2 Å². The minimum Gasteiger partial charge on any atom is -0.481 e. The molecule has 0 amide bonds. The molecule has 0 atom stereocenters. The van der Waals surface area contributed by atoms with Gasteiger partial charge in [0.1, 0.15) is 22.3 Å². The van der Waals surface area contributed by atoms with Crippen LogP contribution in [0.25, 0.3) is 22.3 Å². The van der Waals surface area contributed by atoms with Crippen LogP contribution >= 0.6 is 0 Å². The van der Waals surface area contributed by atoms with Crippen LogP contribution in [-0.4, -0.2) is 25.5 Å². The zero-order valence-corrected chi connectivity index (χ0v) is 14.7. The molecule has 6 nitrogen and oxygen atoms in total. The summed E-state index contributed by atoms with van der Waals surface area (Å²) in [5.41, 5.74) is 8.73. The molecule has 0 saturated heterocycles. The van der Waals surface area contributed by atoms with E-state index < -0.39 is 16.5 Å². The Bertz CT molecular complexity index is 1010. The van der Waals surface area contributed by atoms with Crippen LogP contribution in [0.15, 0.2) is 48.8 Å². The van der Waals surface area contributed by atoms with Crippen LogP contribution in [0.1, 0.15) is 5.56 Å². The van der Waals surface area contributed by atoms with Crippen molar-refractivity contribution in [3.63, 3.8) is 0 Å². The quantitative estimate of drug-likeness (QED) is 0.668. The third-order valence-corrected chi connectivity index (χ3v) is 4.46. The van der Waals surface area contributed by atoms with Crippen molar-refractivity contribution >= 4 is 16.5 Å². The van der Waals surface area contributed by atoms with Gasteiger partial charge in [0.2, 0.25) is 5.88 Å². The normalized spacial score (nSPS) is 10.9. The SMILES string of the molecule is COc1ccc(-c2cc(-c3ccc(C[SH](=O)=O)c(F)c3)cnc2N)cn1. The number of pyridine rings is 2. The van der Waals surface area contributed by atoms with Crippen molar-refractivity contribution in [2.75, 3.05) is 12.8 Å². The Hall–Kier alpha value is -3.00. The molecule has 3 aromatic rings. The maximum atomic E-state index is 14.1. The average molecular weight is 373 g/mol. The number of methoxy groups -OCH3 is 1. The molecule has 2 N–H and O–H groups in total. The minimum atomic E-state index is -2.69. The molecule has 0 radical (unpaired) electrons. The van der Waals surface area contributed by atoms with Crippen molar-refractivity contribution in [1.82, 2.24) is 9.97 Å². The van der Waals surface area contributed by atoms with E-state index in [-0.39, 0.29) is 11.3 Å². The second kappa shape index (κ2) is 7.49. The number of hydrogen-bond acceptors (Lipinski definition) is 6. The van der Waals surface area contributed by atoms with Gasteiger partial charge in [-0.05, 0) is 23.8 Å². The summed E-state index contributed by atoms with van der Waals surface area (Å²) in [6, 6.07) is 9.70. The standard InChI is InChI=1S/C18H16FN3O3S/c1-25-17-5-4-12(8-21-17)15-6-14(9-22-18(15)20)11-2-3-13(10-26(23)24)16(19)7-11/h2-9,26H,10H2,1H3,(H2,20,22).